The van der Waals surface area contributed by atoms with Crippen LogP contribution in [0.1, 0.15) is 77.0 Å². The number of nitrogens with zero attached hydrogens (tertiary/aromatic N) is 5. The van der Waals surface area contributed by atoms with Crippen LogP contribution >= 0.6 is 0 Å². The van der Waals surface area contributed by atoms with Crippen LogP contribution in [0.3, 0.4) is 0 Å². The van der Waals surface area contributed by atoms with E-state index in [9.17, 15) is 0 Å². The molecule has 0 fully saturated rings. The minimum atomic E-state index is 0.0531. The van der Waals surface area contributed by atoms with Crippen LogP contribution in [-0.4, -0.2) is 20.0 Å². The number of pyridine rings is 2. The quantitative estimate of drug-likeness (QED) is 0.198. The molecule has 5 heteroatoms. The zero-order valence-corrected chi connectivity index (χ0v) is 23.6. The second kappa shape index (κ2) is 10.4. The fourth-order valence-corrected chi connectivity index (χ4v) is 6.83. The van der Waals surface area contributed by atoms with Crippen molar-refractivity contribution < 1.29 is 4.57 Å². The highest BCUT2D eigenvalue weighted by atomic mass is 15.4. The van der Waals surface area contributed by atoms with Gasteiger partial charge in [0.15, 0.2) is 11.7 Å². The highest BCUT2D eigenvalue weighted by molar-refractivity contribution is 5.94. The number of rotatable bonds is 8. The Morgan fingerprint density at radius 1 is 0.897 bits per heavy atom. The molecule has 39 heavy (non-hydrogen) atoms. The first-order chi connectivity index (χ1) is 19.1. The summed E-state index contributed by atoms with van der Waals surface area (Å²) in [4.78, 5) is 4.86. The number of hydrogen-bond acceptors (Lipinski definition) is 3. The molecule has 4 heterocycles. The summed E-state index contributed by atoms with van der Waals surface area (Å²) in [6, 6.07) is 24.1. The summed E-state index contributed by atoms with van der Waals surface area (Å²) in [5, 5.41) is 11.6. The molecular weight excluding hydrogens is 478 g/mol. The fraction of sp³-hybridized carbons (Fsp3) is 0.353. The van der Waals surface area contributed by atoms with E-state index in [0.29, 0.717) is 5.92 Å². The SMILES string of the molecule is CCCCc1cccc(-c2cn(-c3ccc4c(c3)-c3c5ccccc5cc[n+]3C(CC)(CC)C4CC)nn2)n1. The first kappa shape index (κ1) is 25.4. The van der Waals surface area contributed by atoms with Gasteiger partial charge in [-0.05, 0) is 60.5 Å². The van der Waals surface area contributed by atoms with Gasteiger partial charge in [-0.25, -0.2) is 4.68 Å². The number of aryl methyl sites for hydroxylation is 1. The Labute approximate surface area is 231 Å². The average Bonchev–Trinajstić information content (AvgIpc) is 3.49. The van der Waals surface area contributed by atoms with Gasteiger partial charge in [-0.2, -0.15) is 4.57 Å². The Morgan fingerprint density at radius 2 is 1.74 bits per heavy atom. The lowest BCUT2D eigenvalue weighted by molar-refractivity contribution is -0.761. The van der Waals surface area contributed by atoms with Crippen LogP contribution < -0.4 is 4.57 Å². The van der Waals surface area contributed by atoms with Crippen molar-refractivity contribution in [2.24, 2.45) is 0 Å². The number of hydrogen-bond donors (Lipinski definition) is 0. The second-order valence-electron chi connectivity index (χ2n) is 10.8. The van der Waals surface area contributed by atoms with Crippen molar-refractivity contribution >= 4 is 10.8 Å². The first-order valence-corrected chi connectivity index (χ1v) is 14.6. The smallest absolute Gasteiger partial charge is 0.221 e. The molecule has 198 valence electrons. The highest BCUT2D eigenvalue weighted by Gasteiger charge is 2.50. The maximum Gasteiger partial charge on any atom is 0.221 e. The van der Waals surface area contributed by atoms with Crippen molar-refractivity contribution in [1.82, 2.24) is 20.0 Å². The highest BCUT2D eigenvalue weighted by Crippen LogP contribution is 2.48. The first-order valence-electron chi connectivity index (χ1n) is 14.6. The van der Waals surface area contributed by atoms with E-state index in [-0.39, 0.29) is 5.54 Å². The summed E-state index contributed by atoms with van der Waals surface area (Å²) in [6.07, 6.45) is 10.9. The van der Waals surface area contributed by atoms with Gasteiger partial charge >= 0.3 is 0 Å². The Morgan fingerprint density at radius 3 is 2.54 bits per heavy atom. The molecule has 0 bridgehead atoms. The van der Waals surface area contributed by atoms with E-state index in [1.165, 1.54) is 27.6 Å². The molecule has 0 amide bonds. The third-order valence-electron chi connectivity index (χ3n) is 8.90. The van der Waals surface area contributed by atoms with E-state index >= 15 is 0 Å². The largest absolute Gasteiger partial charge is 0.251 e. The molecule has 0 aliphatic carbocycles. The Kier molecular flexibility index (Phi) is 6.76. The second-order valence-corrected chi connectivity index (χ2v) is 10.8. The van der Waals surface area contributed by atoms with Gasteiger partial charge in [-0.1, -0.05) is 69.7 Å². The van der Waals surface area contributed by atoms with Gasteiger partial charge < -0.3 is 0 Å². The molecule has 0 radical (unpaired) electrons. The fourth-order valence-electron chi connectivity index (χ4n) is 6.83. The molecule has 0 saturated carbocycles. The minimum Gasteiger partial charge on any atom is -0.251 e. The minimum absolute atomic E-state index is 0.0531. The molecule has 3 aromatic heterocycles. The molecule has 1 atom stereocenters. The molecule has 2 aromatic carbocycles. The van der Waals surface area contributed by atoms with E-state index in [1.54, 1.807) is 0 Å². The Hall–Kier alpha value is -3.86. The van der Waals surface area contributed by atoms with Crippen molar-refractivity contribution in [3.05, 3.63) is 90.4 Å². The topological polar surface area (TPSA) is 47.5 Å². The normalized spacial score (nSPS) is 15.7. The van der Waals surface area contributed by atoms with E-state index in [1.807, 2.05) is 16.9 Å². The maximum atomic E-state index is 4.86. The van der Waals surface area contributed by atoms with E-state index in [2.05, 4.69) is 109 Å². The van der Waals surface area contributed by atoms with Gasteiger partial charge in [-0.15, -0.1) is 5.10 Å². The molecule has 0 spiro atoms. The van der Waals surface area contributed by atoms with Crippen LogP contribution in [0.25, 0.3) is 39.1 Å². The molecule has 1 unspecified atom stereocenters. The summed E-state index contributed by atoms with van der Waals surface area (Å²) < 4.78 is 4.49. The molecule has 5 aromatic rings. The third kappa shape index (κ3) is 4.15. The van der Waals surface area contributed by atoms with E-state index in [0.717, 1.165) is 61.3 Å². The average molecular weight is 517 g/mol. The van der Waals surface area contributed by atoms with Crippen LogP contribution in [0.5, 0.6) is 0 Å². The van der Waals surface area contributed by atoms with Crippen LogP contribution in [0.2, 0.25) is 0 Å². The van der Waals surface area contributed by atoms with Gasteiger partial charge in [0.1, 0.15) is 5.69 Å². The zero-order chi connectivity index (χ0) is 27.0. The molecule has 1 aliphatic heterocycles. The molecule has 0 N–H and O–H groups in total. The number of unbranched alkanes of at least 4 members (excludes halogenated alkanes) is 1. The summed E-state index contributed by atoms with van der Waals surface area (Å²) in [5.74, 6) is 0.441. The lowest BCUT2D eigenvalue weighted by atomic mass is 9.69. The Bertz CT molecular complexity index is 1630. The third-order valence-corrected chi connectivity index (χ3v) is 8.90. The van der Waals surface area contributed by atoms with Crippen LogP contribution in [-0.2, 0) is 12.0 Å². The standard InChI is InChI=1S/C34H38N5/c1-5-9-14-25-15-12-17-31(35-25)32-23-39(37-36-32)26-18-19-28-29(22-26)33-27-16-11-10-13-24(27)20-21-38(33)34(7-3,8-4)30(28)6-2/h10-13,15-23,30H,5-9,14H2,1-4H3/q+1. The molecule has 1 aliphatic rings. The Balaban J connectivity index is 1.49. The number of benzene rings is 2. The van der Waals surface area contributed by atoms with Crippen molar-refractivity contribution in [2.75, 3.05) is 0 Å². The molecule has 6 rings (SSSR count). The van der Waals surface area contributed by atoms with Crippen LogP contribution in [0.4, 0.5) is 0 Å². The summed E-state index contributed by atoms with van der Waals surface area (Å²) in [5.41, 5.74) is 7.90. The summed E-state index contributed by atoms with van der Waals surface area (Å²) in [7, 11) is 0. The van der Waals surface area contributed by atoms with Gasteiger partial charge in [0.05, 0.1) is 28.5 Å². The lowest BCUT2D eigenvalue weighted by Crippen LogP contribution is -2.62. The molecule has 0 saturated heterocycles. The van der Waals surface area contributed by atoms with Crippen LogP contribution in [0, 0.1) is 0 Å². The van der Waals surface area contributed by atoms with Crippen molar-refractivity contribution in [1.29, 1.82) is 0 Å². The summed E-state index contributed by atoms with van der Waals surface area (Å²) in [6.45, 7) is 9.24. The van der Waals surface area contributed by atoms with Gasteiger partial charge in [0.2, 0.25) is 5.69 Å². The van der Waals surface area contributed by atoms with Crippen LogP contribution in [0.15, 0.2) is 79.1 Å². The van der Waals surface area contributed by atoms with Crippen molar-refractivity contribution in [3.63, 3.8) is 0 Å². The van der Waals surface area contributed by atoms with Crippen molar-refractivity contribution in [2.45, 2.75) is 77.7 Å². The van der Waals surface area contributed by atoms with E-state index < -0.39 is 0 Å². The predicted octanol–water partition coefficient (Wildman–Crippen LogP) is 7.80. The number of fused-ring (bicyclic) bond motifs is 5. The maximum absolute atomic E-state index is 4.86. The van der Waals surface area contributed by atoms with Gasteiger partial charge in [0, 0.05) is 30.5 Å². The molecule has 5 nitrogen and oxygen atoms in total. The molecular formula is C34H38N5+. The van der Waals surface area contributed by atoms with Gasteiger partial charge in [0.25, 0.3) is 0 Å². The van der Waals surface area contributed by atoms with Crippen molar-refractivity contribution in [3.8, 4) is 28.3 Å². The van der Waals surface area contributed by atoms with Gasteiger partial charge in [-0.3, -0.25) is 4.98 Å². The monoisotopic (exact) mass is 516 g/mol. The number of aromatic nitrogens is 5. The lowest BCUT2D eigenvalue weighted by Gasteiger charge is -2.40. The predicted molar refractivity (Wildman–Crippen MR) is 158 cm³/mol. The zero-order valence-electron chi connectivity index (χ0n) is 23.6. The summed E-state index contributed by atoms with van der Waals surface area (Å²) >= 11 is 0. The van der Waals surface area contributed by atoms with E-state index in [4.69, 9.17) is 4.98 Å².